The average Bonchev–Trinajstić information content (AvgIpc) is 3.54. The minimum Gasteiger partial charge on any atom is -0.479 e. The van der Waals surface area contributed by atoms with E-state index in [4.69, 9.17) is 25.6 Å². The first kappa shape index (κ1) is 27.1. The second-order valence-electron chi connectivity index (χ2n) is 8.96. The molecule has 1 fully saturated rings. The van der Waals surface area contributed by atoms with Gasteiger partial charge in [0.05, 0.1) is 50.7 Å². The second kappa shape index (κ2) is 10.6. The maximum atomic E-state index is 15.3. The van der Waals surface area contributed by atoms with Gasteiger partial charge in [0.1, 0.15) is 11.6 Å². The first-order chi connectivity index (χ1) is 19.1. The Morgan fingerprint density at radius 2 is 1.98 bits per heavy atom. The molecule has 5 rings (SSSR count). The highest BCUT2D eigenvalue weighted by Crippen LogP contribution is 2.35. The molecule has 1 aliphatic heterocycles. The lowest BCUT2D eigenvalue weighted by Crippen LogP contribution is -2.70. The molecule has 4 heterocycles. The Balaban J connectivity index is 1.36. The maximum absolute atomic E-state index is 15.3. The zero-order valence-electron chi connectivity index (χ0n) is 21.2. The van der Waals surface area contributed by atoms with Gasteiger partial charge in [-0.05, 0) is 41.1 Å². The van der Waals surface area contributed by atoms with E-state index in [1.165, 1.54) is 39.4 Å². The van der Waals surface area contributed by atoms with Gasteiger partial charge < -0.3 is 24.6 Å². The van der Waals surface area contributed by atoms with E-state index in [1.54, 1.807) is 0 Å². The third-order valence-corrected chi connectivity index (χ3v) is 6.35. The normalized spacial score (nSPS) is 14.8. The monoisotopic (exact) mass is 574 g/mol. The number of tetrazole rings is 1. The summed E-state index contributed by atoms with van der Waals surface area (Å²) in [5.41, 5.74) is -1.15. The topological polar surface area (TPSA) is 159 Å². The van der Waals surface area contributed by atoms with Gasteiger partial charge in [-0.25, -0.2) is 8.78 Å². The van der Waals surface area contributed by atoms with Gasteiger partial charge >= 0.3 is 0 Å². The number of carbonyl (C=O) groups is 2. The summed E-state index contributed by atoms with van der Waals surface area (Å²) in [5, 5.41) is 20.5. The van der Waals surface area contributed by atoms with E-state index in [0.29, 0.717) is 0 Å². The summed E-state index contributed by atoms with van der Waals surface area (Å²) >= 11 is 6.07. The number of hydrogen-bond donors (Lipinski definition) is 2. The molecule has 1 aromatic carbocycles. The fourth-order valence-corrected chi connectivity index (χ4v) is 4.24. The Morgan fingerprint density at radius 3 is 2.58 bits per heavy atom. The zero-order valence-corrected chi connectivity index (χ0v) is 22.0. The van der Waals surface area contributed by atoms with Gasteiger partial charge in [0.25, 0.3) is 17.7 Å². The van der Waals surface area contributed by atoms with E-state index in [1.807, 2.05) is 0 Å². The van der Waals surface area contributed by atoms with Crippen molar-refractivity contribution in [2.24, 2.45) is 7.05 Å². The van der Waals surface area contributed by atoms with Crippen molar-refractivity contribution in [2.75, 3.05) is 20.3 Å². The van der Waals surface area contributed by atoms with Crippen molar-refractivity contribution >= 4 is 23.4 Å². The Morgan fingerprint density at radius 1 is 1.20 bits per heavy atom. The average molecular weight is 575 g/mol. The van der Waals surface area contributed by atoms with Crippen molar-refractivity contribution in [3.05, 3.63) is 58.6 Å². The van der Waals surface area contributed by atoms with Gasteiger partial charge in [-0.1, -0.05) is 11.6 Å². The summed E-state index contributed by atoms with van der Waals surface area (Å²) in [7, 11) is 2.88. The highest BCUT2D eigenvalue weighted by Gasteiger charge is 2.48. The number of aromatic nitrogens is 6. The minimum absolute atomic E-state index is 0.0179. The van der Waals surface area contributed by atoms with Gasteiger partial charge in [0.2, 0.25) is 11.6 Å². The second-order valence-corrected chi connectivity index (χ2v) is 9.40. The number of pyridine rings is 1. The van der Waals surface area contributed by atoms with Crippen LogP contribution in [0, 0.1) is 11.6 Å². The quantitative estimate of drug-likeness (QED) is 0.319. The van der Waals surface area contributed by atoms with Crippen LogP contribution in [0.25, 0.3) is 22.5 Å². The number of nitrogens with one attached hydrogen (secondary N) is 2. The fourth-order valence-electron chi connectivity index (χ4n) is 4.04. The van der Waals surface area contributed by atoms with Crippen LogP contribution in [-0.2, 0) is 16.6 Å². The van der Waals surface area contributed by atoms with Crippen LogP contribution >= 0.6 is 11.6 Å². The lowest BCUT2D eigenvalue weighted by Gasteiger charge is -2.40. The molecule has 208 valence electrons. The molecule has 0 bridgehead atoms. The molecule has 3 aromatic heterocycles. The molecule has 2 N–H and O–H groups in total. The summed E-state index contributed by atoms with van der Waals surface area (Å²) in [6.07, 6.45) is 1.31. The number of methoxy groups -OCH3 is 1. The predicted octanol–water partition coefficient (Wildman–Crippen LogP) is 2.24. The molecule has 13 nitrogen and oxygen atoms in total. The number of aryl methyl sites for hydroxylation is 1. The van der Waals surface area contributed by atoms with Crippen LogP contribution in [0.4, 0.5) is 8.78 Å². The van der Waals surface area contributed by atoms with E-state index in [2.05, 4.69) is 36.2 Å². The van der Waals surface area contributed by atoms with Gasteiger partial charge in [0, 0.05) is 16.8 Å². The SMILES string of the molecule is COc1cc(C(=O)NC2(C(=O)NC(C)c3ncc(-c4cc(Cl)cc(F)c4-c4nnn(C)n4)cc3F)COC2)on1. The smallest absolute Gasteiger partial charge is 0.291 e. The first-order valence-corrected chi connectivity index (χ1v) is 12.1. The Labute approximate surface area is 229 Å². The molecule has 1 unspecified atom stereocenters. The summed E-state index contributed by atoms with van der Waals surface area (Å²) in [5.74, 6) is -2.92. The number of carbonyl (C=O) groups excluding carboxylic acids is 2. The molecule has 0 spiro atoms. The minimum atomic E-state index is -1.42. The summed E-state index contributed by atoms with van der Waals surface area (Å²) < 4.78 is 45.2. The van der Waals surface area contributed by atoms with Crippen LogP contribution in [0.5, 0.6) is 5.88 Å². The van der Waals surface area contributed by atoms with Crippen LogP contribution in [0.3, 0.4) is 0 Å². The van der Waals surface area contributed by atoms with Crippen molar-refractivity contribution in [3.63, 3.8) is 0 Å². The molecule has 0 saturated carbocycles. The number of hydrogen-bond acceptors (Lipinski definition) is 10. The number of halogens is 3. The number of benzene rings is 1. The maximum Gasteiger partial charge on any atom is 0.291 e. The van der Waals surface area contributed by atoms with Crippen molar-refractivity contribution < 1.29 is 32.4 Å². The third-order valence-electron chi connectivity index (χ3n) is 6.13. The molecule has 2 amide bonds. The Hall–Kier alpha value is -4.50. The molecule has 4 aromatic rings. The number of amides is 2. The van der Waals surface area contributed by atoms with E-state index < -0.39 is 35.0 Å². The van der Waals surface area contributed by atoms with E-state index in [-0.39, 0.29) is 58.1 Å². The van der Waals surface area contributed by atoms with Gasteiger partial charge in [-0.15, -0.1) is 10.2 Å². The predicted molar refractivity (Wildman–Crippen MR) is 133 cm³/mol. The summed E-state index contributed by atoms with van der Waals surface area (Å²) in [6, 6.07) is 4.01. The molecule has 0 aliphatic carbocycles. The molecule has 1 aliphatic rings. The highest BCUT2D eigenvalue weighted by molar-refractivity contribution is 6.31. The van der Waals surface area contributed by atoms with Gasteiger partial charge in [-0.2, -0.15) is 4.80 Å². The molecule has 1 atom stereocenters. The molecule has 16 heteroatoms. The summed E-state index contributed by atoms with van der Waals surface area (Å²) in [6.45, 7) is 1.29. The van der Waals surface area contributed by atoms with E-state index in [9.17, 15) is 14.0 Å². The van der Waals surface area contributed by atoms with Crippen molar-refractivity contribution in [1.29, 1.82) is 0 Å². The fraction of sp³-hybridized carbons (Fsp3) is 0.292. The Bertz CT molecular complexity index is 1610. The molecule has 40 heavy (non-hydrogen) atoms. The van der Waals surface area contributed by atoms with Crippen LogP contribution in [0.15, 0.2) is 35.0 Å². The molecular weight excluding hydrogens is 554 g/mol. The molecular formula is C24H21ClF2N8O5. The highest BCUT2D eigenvalue weighted by atomic mass is 35.5. The van der Waals surface area contributed by atoms with E-state index in [0.717, 1.165) is 16.9 Å². The number of nitrogens with zero attached hydrogens (tertiary/aromatic N) is 6. The van der Waals surface area contributed by atoms with Gasteiger partial charge in [0.15, 0.2) is 5.54 Å². The van der Waals surface area contributed by atoms with Crippen molar-refractivity contribution in [2.45, 2.75) is 18.5 Å². The van der Waals surface area contributed by atoms with Crippen LogP contribution in [0.1, 0.15) is 29.2 Å². The van der Waals surface area contributed by atoms with Crippen molar-refractivity contribution in [3.8, 4) is 28.4 Å². The largest absolute Gasteiger partial charge is 0.479 e. The van der Waals surface area contributed by atoms with Crippen molar-refractivity contribution in [1.82, 2.24) is 41.0 Å². The number of ether oxygens (including phenoxy) is 2. The third kappa shape index (κ3) is 5.08. The number of rotatable bonds is 8. The molecule has 0 radical (unpaired) electrons. The Kier molecular flexibility index (Phi) is 7.16. The summed E-state index contributed by atoms with van der Waals surface area (Å²) in [4.78, 5) is 31.1. The van der Waals surface area contributed by atoms with Crippen LogP contribution in [0.2, 0.25) is 5.02 Å². The lowest BCUT2D eigenvalue weighted by molar-refractivity contribution is -0.147. The zero-order chi connectivity index (χ0) is 28.6. The first-order valence-electron chi connectivity index (χ1n) is 11.7. The van der Waals surface area contributed by atoms with Crippen LogP contribution in [-0.4, -0.2) is 68.0 Å². The van der Waals surface area contributed by atoms with Crippen LogP contribution < -0.4 is 15.4 Å². The molecule has 1 saturated heterocycles. The lowest BCUT2D eigenvalue weighted by atomic mass is 9.95. The van der Waals surface area contributed by atoms with Gasteiger partial charge in [-0.3, -0.25) is 14.6 Å². The van der Waals surface area contributed by atoms with E-state index >= 15 is 4.39 Å². The standard InChI is InChI=1S/C24H21ClF2N8O5/c1-11(29-23(37)24(9-39-10-24)30-22(36)17-7-18(38-3)33-40-17)20-16(27)4-12(8-28-20)14-5-13(25)6-15(26)19(14)21-31-34-35(2)32-21/h4-8,11H,9-10H2,1-3H3,(H,29,37)(H,30,36).